The highest BCUT2D eigenvalue weighted by Crippen LogP contribution is 2.28. The summed E-state index contributed by atoms with van der Waals surface area (Å²) < 4.78 is 35.8. The van der Waals surface area contributed by atoms with Crippen molar-refractivity contribution < 1.29 is 13.2 Å². The average molecular weight is 362 g/mol. The molecule has 3 rings (SSSR count). The van der Waals surface area contributed by atoms with Gasteiger partial charge in [-0.25, -0.2) is 13.1 Å². The first-order valence-corrected chi connectivity index (χ1v) is 9.09. The van der Waals surface area contributed by atoms with E-state index in [4.69, 9.17) is 4.74 Å². The Bertz CT molecular complexity index is 1100. The van der Waals surface area contributed by atoms with Gasteiger partial charge in [-0.3, -0.25) is 13.9 Å². The van der Waals surface area contributed by atoms with Gasteiger partial charge in [-0.15, -0.1) is 0 Å². The molecule has 0 radical (unpaired) electrons. The van der Waals surface area contributed by atoms with E-state index in [-0.39, 0.29) is 16.0 Å². The van der Waals surface area contributed by atoms with Crippen molar-refractivity contribution in [1.29, 1.82) is 0 Å². The molecule has 0 aliphatic carbocycles. The van der Waals surface area contributed by atoms with Crippen LogP contribution in [0.3, 0.4) is 0 Å². The van der Waals surface area contributed by atoms with Gasteiger partial charge in [-0.2, -0.15) is 5.10 Å². The topological polar surface area (TPSA) is 94.7 Å². The Hall–Kier alpha value is -2.81. The summed E-state index contributed by atoms with van der Waals surface area (Å²) in [5.74, 6) is 0.410. The molecule has 0 unspecified atom stereocenters. The molecule has 2 heterocycles. The first-order chi connectivity index (χ1) is 11.9. The molecular formula is C16H18N4O4S. The van der Waals surface area contributed by atoms with Crippen LogP contribution in [-0.4, -0.2) is 29.7 Å². The highest BCUT2D eigenvalue weighted by atomic mass is 32.2. The van der Waals surface area contributed by atoms with Gasteiger partial charge in [0.1, 0.15) is 22.5 Å². The van der Waals surface area contributed by atoms with E-state index in [1.165, 1.54) is 34.8 Å². The summed E-state index contributed by atoms with van der Waals surface area (Å²) in [7, 11) is -2.42. The highest BCUT2D eigenvalue weighted by Gasteiger charge is 2.20. The Morgan fingerprint density at radius 3 is 2.72 bits per heavy atom. The molecule has 0 fully saturated rings. The van der Waals surface area contributed by atoms with Gasteiger partial charge < -0.3 is 4.74 Å². The number of benzene rings is 1. The van der Waals surface area contributed by atoms with Crippen LogP contribution in [0.25, 0.3) is 5.52 Å². The molecule has 0 aliphatic rings. The monoisotopic (exact) mass is 362 g/mol. The fourth-order valence-electron chi connectivity index (χ4n) is 2.50. The molecule has 2 aromatic heterocycles. The van der Waals surface area contributed by atoms with E-state index in [1.807, 2.05) is 13.0 Å². The lowest BCUT2D eigenvalue weighted by molar-refractivity contribution is 0.417. The number of methoxy groups -OCH3 is 1. The van der Waals surface area contributed by atoms with Gasteiger partial charge in [0, 0.05) is 12.7 Å². The van der Waals surface area contributed by atoms with Gasteiger partial charge in [0.25, 0.3) is 15.6 Å². The number of nitrogens with one attached hydrogen (secondary N) is 1. The fraction of sp³-hybridized carbons (Fsp3) is 0.250. The number of aromatic nitrogens is 3. The molecule has 0 spiro atoms. The van der Waals surface area contributed by atoms with Crippen LogP contribution < -0.4 is 15.0 Å². The Morgan fingerprint density at radius 2 is 2.04 bits per heavy atom. The van der Waals surface area contributed by atoms with Gasteiger partial charge in [-0.1, -0.05) is 6.07 Å². The van der Waals surface area contributed by atoms with Gasteiger partial charge in [0.15, 0.2) is 0 Å². The Kier molecular flexibility index (Phi) is 4.25. The second kappa shape index (κ2) is 6.25. The van der Waals surface area contributed by atoms with Crippen molar-refractivity contribution in [2.45, 2.75) is 25.3 Å². The molecule has 0 amide bonds. The number of hydrogen-bond acceptors (Lipinski definition) is 5. The zero-order valence-corrected chi connectivity index (χ0v) is 14.9. The lowest BCUT2D eigenvalue weighted by atomic mass is 10.2. The number of ether oxygens (including phenoxy) is 1. The zero-order valence-electron chi connectivity index (χ0n) is 14.1. The van der Waals surface area contributed by atoms with E-state index in [0.717, 1.165) is 5.56 Å². The van der Waals surface area contributed by atoms with Crippen LogP contribution in [0.15, 0.2) is 46.5 Å². The zero-order chi connectivity index (χ0) is 18.2. The van der Waals surface area contributed by atoms with Crippen LogP contribution in [0, 0.1) is 6.92 Å². The molecule has 1 N–H and O–H groups in total. The maximum absolute atomic E-state index is 12.7. The van der Waals surface area contributed by atoms with Crippen molar-refractivity contribution in [1.82, 2.24) is 14.2 Å². The van der Waals surface area contributed by atoms with E-state index in [1.54, 1.807) is 19.1 Å². The molecule has 25 heavy (non-hydrogen) atoms. The Labute approximate surface area is 144 Å². The maximum Gasteiger partial charge on any atom is 0.291 e. The summed E-state index contributed by atoms with van der Waals surface area (Å²) in [5, 5.41) is 3.98. The molecule has 0 aliphatic heterocycles. The summed E-state index contributed by atoms with van der Waals surface area (Å²) in [6, 6.07) is 6.52. The summed E-state index contributed by atoms with van der Waals surface area (Å²) >= 11 is 0. The number of hydrogen-bond donors (Lipinski definition) is 1. The molecule has 0 saturated heterocycles. The normalized spacial score (nSPS) is 11.6. The standard InChI is InChI=1S/C16H18N4O4S/c1-4-20-16(21)14-8-12(9-19(14)10-17-20)25(22,23)18-13-7-11(2)5-6-15(13)24-3/h5-10,18H,4H2,1-3H3. The van der Waals surface area contributed by atoms with Gasteiger partial charge in [0.05, 0.1) is 12.8 Å². The lowest BCUT2D eigenvalue weighted by Gasteiger charge is -2.11. The second-order valence-electron chi connectivity index (χ2n) is 5.53. The van der Waals surface area contributed by atoms with Crippen LogP contribution in [-0.2, 0) is 16.6 Å². The Morgan fingerprint density at radius 1 is 1.28 bits per heavy atom. The van der Waals surface area contributed by atoms with Gasteiger partial charge in [-0.05, 0) is 37.6 Å². The maximum atomic E-state index is 12.7. The number of nitrogens with zero attached hydrogens (tertiary/aromatic N) is 3. The first-order valence-electron chi connectivity index (χ1n) is 7.61. The van der Waals surface area contributed by atoms with E-state index >= 15 is 0 Å². The van der Waals surface area contributed by atoms with Gasteiger partial charge >= 0.3 is 0 Å². The van der Waals surface area contributed by atoms with Crippen LogP contribution in [0.5, 0.6) is 5.75 Å². The molecule has 1 aromatic carbocycles. The predicted molar refractivity (Wildman–Crippen MR) is 93.7 cm³/mol. The van der Waals surface area contributed by atoms with Crippen molar-refractivity contribution in [2.75, 3.05) is 11.8 Å². The van der Waals surface area contributed by atoms with Crippen molar-refractivity contribution in [2.24, 2.45) is 0 Å². The minimum absolute atomic E-state index is 0.0242. The smallest absolute Gasteiger partial charge is 0.291 e. The Balaban J connectivity index is 2.06. The third-order valence-electron chi connectivity index (χ3n) is 3.80. The van der Waals surface area contributed by atoms with E-state index in [9.17, 15) is 13.2 Å². The lowest BCUT2D eigenvalue weighted by Crippen LogP contribution is -2.23. The SMILES string of the molecule is CCn1ncn2cc(S(=O)(=O)Nc3cc(C)ccc3OC)cc2c1=O. The quantitative estimate of drug-likeness (QED) is 0.744. The largest absolute Gasteiger partial charge is 0.495 e. The van der Waals surface area contributed by atoms with Crippen molar-refractivity contribution in [3.63, 3.8) is 0 Å². The molecule has 9 heteroatoms. The van der Waals surface area contributed by atoms with E-state index in [2.05, 4.69) is 9.82 Å². The van der Waals surface area contributed by atoms with E-state index < -0.39 is 10.0 Å². The predicted octanol–water partition coefficient (Wildman–Crippen LogP) is 1.63. The number of fused-ring (bicyclic) bond motifs is 1. The van der Waals surface area contributed by atoms with Crippen LogP contribution >= 0.6 is 0 Å². The second-order valence-corrected chi connectivity index (χ2v) is 7.21. The molecule has 8 nitrogen and oxygen atoms in total. The molecule has 3 aromatic rings. The fourth-order valence-corrected chi connectivity index (χ4v) is 3.59. The molecule has 0 bridgehead atoms. The number of sulfonamides is 1. The summed E-state index contributed by atoms with van der Waals surface area (Å²) in [6.45, 7) is 4.04. The van der Waals surface area contributed by atoms with Crippen LogP contribution in [0.1, 0.15) is 12.5 Å². The van der Waals surface area contributed by atoms with E-state index in [0.29, 0.717) is 18.0 Å². The minimum Gasteiger partial charge on any atom is -0.495 e. The molecular weight excluding hydrogens is 344 g/mol. The molecule has 132 valence electrons. The number of rotatable bonds is 5. The first kappa shape index (κ1) is 17.0. The number of aryl methyl sites for hydroxylation is 2. The summed E-state index contributed by atoms with van der Waals surface area (Å²) in [4.78, 5) is 12.2. The molecule has 0 atom stereocenters. The highest BCUT2D eigenvalue weighted by molar-refractivity contribution is 7.92. The van der Waals surface area contributed by atoms with Crippen molar-refractivity contribution in [3.8, 4) is 5.75 Å². The van der Waals surface area contributed by atoms with Crippen LogP contribution in [0.4, 0.5) is 5.69 Å². The minimum atomic E-state index is -3.89. The van der Waals surface area contributed by atoms with Crippen molar-refractivity contribution >= 4 is 21.2 Å². The molecule has 0 saturated carbocycles. The summed E-state index contributed by atoms with van der Waals surface area (Å²) in [5.41, 5.74) is 1.12. The third-order valence-corrected chi connectivity index (χ3v) is 5.13. The summed E-state index contributed by atoms with van der Waals surface area (Å²) in [6.07, 6.45) is 2.76. The van der Waals surface area contributed by atoms with Crippen LogP contribution in [0.2, 0.25) is 0 Å². The average Bonchev–Trinajstić information content (AvgIpc) is 3.01. The van der Waals surface area contributed by atoms with Gasteiger partial charge in [0.2, 0.25) is 0 Å². The number of anilines is 1. The van der Waals surface area contributed by atoms with Crippen molar-refractivity contribution in [3.05, 3.63) is 52.7 Å². The third kappa shape index (κ3) is 3.10.